The lowest BCUT2D eigenvalue weighted by Crippen LogP contribution is -2.43. The third-order valence-corrected chi connectivity index (χ3v) is 3.22. The number of rotatable bonds is 2. The molecule has 1 atom stereocenters. The Bertz CT molecular complexity index is 562. The monoisotopic (exact) mass is 261 g/mol. The van der Waals surface area contributed by atoms with E-state index in [0.29, 0.717) is 25.3 Å². The zero-order valence-electron chi connectivity index (χ0n) is 10.6. The first-order chi connectivity index (χ1) is 9.25. The van der Waals surface area contributed by atoms with Crippen LogP contribution >= 0.6 is 0 Å². The number of nitrogens with one attached hydrogen (secondary N) is 1. The molecule has 2 aromatic heterocycles. The predicted molar refractivity (Wildman–Crippen MR) is 66.4 cm³/mol. The van der Waals surface area contributed by atoms with E-state index < -0.39 is 0 Å². The maximum Gasteiger partial charge on any atom is 0.257 e. The van der Waals surface area contributed by atoms with Crippen LogP contribution in [0.3, 0.4) is 0 Å². The number of aromatic nitrogens is 4. The molecule has 100 valence electrons. The molecule has 7 nitrogen and oxygen atoms in total. The van der Waals surface area contributed by atoms with Crippen LogP contribution in [0.15, 0.2) is 24.7 Å². The molecular weight excluding hydrogens is 246 g/mol. The number of aryl methyl sites for hydroxylation is 1. The van der Waals surface area contributed by atoms with E-state index in [1.54, 1.807) is 35.2 Å². The molecule has 0 aromatic carbocycles. The maximum atomic E-state index is 12.5. The Morgan fingerprint density at radius 2 is 2.47 bits per heavy atom. The van der Waals surface area contributed by atoms with E-state index in [4.69, 9.17) is 4.74 Å². The van der Waals surface area contributed by atoms with Gasteiger partial charge in [0.25, 0.3) is 5.91 Å². The highest BCUT2D eigenvalue weighted by atomic mass is 16.5. The van der Waals surface area contributed by atoms with Gasteiger partial charge in [-0.15, -0.1) is 0 Å². The minimum Gasteiger partial charge on any atom is -0.377 e. The number of hydrogen-bond donors (Lipinski definition) is 1. The molecule has 19 heavy (non-hydrogen) atoms. The highest BCUT2D eigenvalue weighted by Crippen LogP contribution is 2.24. The molecular formula is C12H15N5O2. The lowest BCUT2D eigenvalue weighted by atomic mass is 10.1. The van der Waals surface area contributed by atoms with Crippen LogP contribution in [0.5, 0.6) is 0 Å². The van der Waals surface area contributed by atoms with Crippen LogP contribution in [-0.4, -0.2) is 50.5 Å². The minimum atomic E-state index is -0.121. The van der Waals surface area contributed by atoms with Crippen molar-refractivity contribution >= 4 is 5.91 Å². The van der Waals surface area contributed by atoms with E-state index in [-0.39, 0.29) is 11.9 Å². The fourth-order valence-electron chi connectivity index (χ4n) is 2.25. The van der Waals surface area contributed by atoms with E-state index in [1.807, 2.05) is 6.07 Å². The molecule has 1 unspecified atom stereocenters. The van der Waals surface area contributed by atoms with Crippen LogP contribution in [0.4, 0.5) is 0 Å². The number of H-pyrrole nitrogens is 1. The van der Waals surface area contributed by atoms with Crippen LogP contribution < -0.4 is 0 Å². The topological polar surface area (TPSA) is 76.0 Å². The van der Waals surface area contributed by atoms with Crippen LogP contribution in [0.25, 0.3) is 0 Å². The van der Waals surface area contributed by atoms with Gasteiger partial charge in [-0.25, -0.2) is 0 Å². The number of carbonyl (C=O) groups is 1. The van der Waals surface area contributed by atoms with Gasteiger partial charge in [0, 0.05) is 26.0 Å². The van der Waals surface area contributed by atoms with Crippen molar-refractivity contribution in [2.24, 2.45) is 7.05 Å². The summed E-state index contributed by atoms with van der Waals surface area (Å²) in [6.07, 6.45) is 4.99. The molecule has 0 saturated carbocycles. The molecule has 1 saturated heterocycles. The first-order valence-electron chi connectivity index (χ1n) is 6.12. The van der Waals surface area contributed by atoms with Gasteiger partial charge in [-0.05, 0) is 6.07 Å². The van der Waals surface area contributed by atoms with Crippen molar-refractivity contribution < 1.29 is 9.53 Å². The first kappa shape index (κ1) is 11.9. The molecule has 1 aliphatic heterocycles. The second-order valence-corrected chi connectivity index (χ2v) is 4.50. The van der Waals surface area contributed by atoms with Crippen LogP contribution in [0, 0.1) is 0 Å². The van der Waals surface area contributed by atoms with Crippen molar-refractivity contribution in [2.75, 3.05) is 19.8 Å². The van der Waals surface area contributed by atoms with Gasteiger partial charge in [0.15, 0.2) is 0 Å². The maximum absolute atomic E-state index is 12.5. The number of hydrogen-bond acceptors (Lipinski definition) is 4. The summed E-state index contributed by atoms with van der Waals surface area (Å²) in [5.74, 6) is -0.0315. The molecule has 1 fully saturated rings. The second-order valence-electron chi connectivity index (χ2n) is 4.50. The molecule has 3 rings (SSSR count). The van der Waals surface area contributed by atoms with Gasteiger partial charge in [0.2, 0.25) is 0 Å². The van der Waals surface area contributed by atoms with Crippen LogP contribution in [0.1, 0.15) is 22.1 Å². The van der Waals surface area contributed by atoms with Crippen molar-refractivity contribution in [1.82, 2.24) is 24.9 Å². The SMILES string of the molecule is Cn1cc(C(=O)N2CCOCC2c2ccn[nH]2)cn1. The third kappa shape index (κ3) is 2.24. The fourth-order valence-corrected chi connectivity index (χ4v) is 2.25. The van der Waals surface area contributed by atoms with Crippen molar-refractivity contribution in [3.05, 3.63) is 35.9 Å². The molecule has 0 bridgehead atoms. The highest BCUT2D eigenvalue weighted by Gasteiger charge is 2.30. The smallest absolute Gasteiger partial charge is 0.257 e. The Hall–Kier alpha value is -2.15. The Morgan fingerprint density at radius 1 is 1.58 bits per heavy atom. The standard InChI is InChI=1S/C12H15N5O2/c1-16-7-9(6-14-16)12(18)17-4-5-19-8-11(17)10-2-3-13-15-10/h2-3,6-7,11H,4-5,8H2,1H3,(H,13,15). The molecule has 3 heterocycles. The molecule has 7 heteroatoms. The van der Waals surface area contributed by atoms with E-state index in [0.717, 1.165) is 5.69 Å². The predicted octanol–water partition coefficient (Wildman–Crippen LogP) is 0.357. The lowest BCUT2D eigenvalue weighted by molar-refractivity contribution is -0.00391. The average Bonchev–Trinajstić information content (AvgIpc) is 3.09. The molecule has 0 radical (unpaired) electrons. The van der Waals surface area contributed by atoms with Gasteiger partial charge >= 0.3 is 0 Å². The summed E-state index contributed by atoms with van der Waals surface area (Å²) in [6.45, 7) is 1.60. The van der Waals surface area contributed by atoms with Crippen molar-refractivity contribution in [2.45, 2.75) is 6.04 Å². The first-order valence-corrected chi connectivity index (χ1v) is 6.12. The summed E-state index contributed by atoms with van der Waals surface area (Å²) >= 11 is 0. The van der Waals surface area contributed by atoms with Crippen molar-refractivity contribution in [3.63, 3.8) is 0 Å². The Balaban J connectivity index is 1.86. The number of amides is 1. The van der Waals surface area contributed by atoms with E-state index >= 15 is 0 Å². The quantitative estimate of drug-likeness (QED) is 0.846. The zero-order chi connectivity index (χ0) is 13.2. The van der Waals surface area contributed by atoms with Gasteiger partial charge in [-0.2, -0.15) is 10.2 Å². The number of morpholine rings is 1. The molecule has 1 amide bonds. The Morgan fingerprint density at radius 3 is 3.16 bits per heavy atom. The molecule has 1 aliphatic rings. The van der Waals surface area contributed by atoms with Gasteiger partial charge in [-0.1, -0.05) is 0 Å². The van der Waals surface area contributed by atoms with Crippen molar-refractivity contribution in [1.29, 1.82) is 0 Å². The largest absolute Gasteiger partial charge is 0.377 e. The molecule has 2 aromatic rings. The lowest BCUT2D eigenvalue weighted by Gasteiger charge is -2.34. The second kappa shape index (κ2) is 4.85. The Kier molecular flexibility index (Phi) is 3.04. The van der Waals surface area contributed by atoms with Gasteiger partial charge < -0.3 is 9.64 Å². The average molecular weight is 261 g/mol. The normalized spacial score (nSPS) is 19.6. The fraction of sp³-hybridized carbons (Fsp3) is 0.417. The summed E-state index contributed by atoms with van der Waals surface area (Å²) in [4.78, 5) is 14.3. The van der Waals surface area contributed by atoms with Gasteiger partial charge in [-0.3, -0.25) is 14.6 Å². The van der Waals surface area contributed by atoms with E-state index in [2.05, 4.69) is 15.3 Å². The zero-order valence-corrected chi connectivity index (χ0v) is 10.6. The number of ether oxygens (including phenoxy) is 1. The number of carbonyl (C=O) groups excluding carboxylic acids is 1. The molecule has 1 N–H and O–H groups in total. The van der Waals surface area contributed by atoms with Crippen LogP contribution in [0.2, 0.25) is 0 Å². The summed E-state index contributed by atoms with van der Waals surface area (Å²) < 4.78 is 7.09. The summed E-state index contributed by atoms with van der Waals surface area (Å²) in [6, 6.07) is 1.74. The molecule has 0 spiro atoms. The van der Waals surface area contributed by atoms with E-state index in [1.165, 1.54) is 0 Å². The minimum absolute atomic E-state index is 0.0315. The summed E-state index contributed by atoms with van der Waals surface area (Å²) in [7, 11) is 1.79. The van der Waals surface area contributed by atoms with Crippen LogP contribution in [-0.2, 0) is 11.8 Å². The number of nitrogens with zero attached hydrogens (tertiary/aromatic N) is 4. The molecule has 0 aliphatic carbocycles. The summed E-state index contributed by atoms with van der Waals surface area (Å²) in [5.41, 5.74) is 1.48. The summed E-state index contributed by atoms with van der Waals surface area (Å²) in [5, 5.41) is 10.9. The van der Waals surface area contributed by atoms with E-state index in [9.17, 15) is 4.79 Å². The number of aromatic amines is 1. The van der Waals surface area contributed by atoms with Gasteiger partial charge in [0.1, 0.15) is 0 Å². The highest BCUT2D eigenvalue weighted by molar-refractivity contribution is 5.94. The Labute approximate surface area is 110 Å². The van der Waals surface area contributed by atoms with Gasteiger partial charge in [0.05, 0.1) is 36.7 Å². The third-order valence-electron chi connectivity index (χ3n) is 3.22. The van der Waals surface area contributed by atoms with Crippen molar-refractivity contribution in [3.8, 4) is 0 Å².